The van der Waals surface area contributed by atoms with E-state index < -0.39 is 10.0 Å². The highest BCUT2D eigenvalue weighted by molar-refractivity contribution is 7.89. The minimum Gasteiger partial charge on any atom is -0.264 e. The molecule has 1 N–H and O–H groups in total. The summed E-state index contributed by atoms with van der Waals surface area (Å²) in [5.41, 5.74) is 1.82. The predicted molar refractivity (Wildman–Crippen MR) is 108 cm³/mol. The van der Waals surface area contributed by atoms with Crippen LogP contribution in [0.5, 0.6) is 0 Å². The lowest BCUT2D eigenvalue weighted by Gasteiger charge is -2.07. The first kappa shape index (κ1) is 17.8. The molecule has 0 amide bonds. The summed E-state index contributed by atoms with van der Waals surface area (Å²) in [5, 5.41) is 4.76. The Morgan fingerprint density at radius 2 is 1.85 bits per heavy atom. The monoisotopic (exact) mass is 395 g/mol. The first-order valence-electron chi connectivity index (χ1n) is 8.45. The molecule has 0 fully saturated rings. The molecule has 0 atom stereocenters. The second kappa shape index (κ2) is 7.56. The van der Waals surface area contributed by atoms with Crippen molar-refractivity contribution in [2.45, 2.75) is 11.3 Å². The van der Waals surface area contributed by atoms with E-state index in [0.717, 1.165) is 27.0 Å². The Bertz CT molecular complexity index is 1170. The zero-order chi connectivity index (χ0) is 18.7. The quantitative estimate of drug-likeness (QED) is 0.538. The van der Waals surface area contributed by atoms with Crippen LogP contribution in [0.3, 0.4) is 0 Å². The number of thiazole rings is 1. The molecule has 0 unspecified atom stereocenters. The largest absolute Gasteiger partial charge is 0.264 e. The van der Waals surface area contributed by atoms with E-state index in [1.807, 2.05) is 47.8 Å². The molecule has 0 radical (unpaired) electrons. The Kier molecular flexibility index (Phi) is 4.98. The van der Waals surface area contributed by atoms with Crippen molar-refractivity contribution >= 4 is 32.1 Å². The fraction of sp³-hybridized carbons (Fsp3) is 0.100. The van der Waals surface area contributed by atoms with Crippen LogP contribution in [0.2, 0.25) is 0 Å². The summed E-state index contributed by atoms with van der Waals surface area (Å²) in [6.07, 6.45) is 4.02. The molecule has 2 aromatic carbocycles. The van der Waals surface area contributed by atoms with E-state index in [4.69, 9.17) is 0 Å². The number of hydrogen-bond acceptors (Lipinski definition) is 5. The molecule has 2 heterocycles. The summed E-state index contributed by atoms with van der Waals surface area (Å²) < 4.78 is 27.8. The Labute approximate surface area is 161 Å². The Hall–Kier alpha value is -2.61. The van der Waals surface area contributed by atoms with Gasteiger partial charge in [0.15, 0.2) is 0 Å². The number of sulfonamides is 1. The van der Waals surface area contributed by atoms with Crippen molar-refractivity contribution in [1.82, 2.24) is 14.7 Å². The van der Waals surface area contributed by atoms with Crippen molar-refractivity contribution in [3.05, 3.63) is 78.1 Å². The lowest BCUT2D eigenvalue weighted by atomic mass is 10.1. The van der Waals surface area contributed by atoms with Gasteiger partial charge in [0.25, 0.3) is 0 Å². The van der Waals surface area contributed by atoms with Crippen molar-refractivity contribution in [2.75, 3.05) is 6.54 Å². The number of nitrogens with zero attached hydrogens (tertiary/aromatic N) is 2. The summed E-state index contributed by atoms with van der Waals surface area (Å²) in [5.74, 6) is 0. The lowest BCUT2D eigenvalue weighted by molar-refractivity contribution is 0.581. The molecule has 0 saturated carbocycles. The lowest BCUT2D eigenvalue weighted by Crippen LogP contribution is -2.26. The predicted octanol–water partition coefficient (Wildman–Crippen LogP) is 3.88. The van der Waals surface area contributed by atoms with Crippen molar-refractivity contribution in [3.63, 3.8) is 0 Å². The van der Waals surface area contributed by atoms with Crippen molar-refractivity contribution < 1.29 is 8.42 Å². The van der Waals surface area contributed by atoms with Crippen LogP contribution in [-0.2, 0) is 16.4 Å². The van der Waals surface area contributed by atoms with Crippen LogP contribution in [0.4, 0.5) is 0 Å². The van der Waals surface area contributed by atoms with Crippen molar-refractivity contribution in [2.24, 2.45) is 0 Å². The molecule has 2 aromatic heterocycles. The highest BCUT2D eigenvalue weighted by Crippen LogP contribution is 2.23. The van der Waals surface area contributed by atoms with Crippen LogP contribution in [-0.4, -0.2) is 24.9 Å². The molecule has 7 heteroatoms. The summed E-state index contributed by atoms with van der Waals surface area (Å²) in [7, 11) is -3.55. The number of aromatic nitrogens is 2. The summed E-state index contributed by atoms with van der Waals surface area (Å²) in [6.45, 7) is 0.297. The summed E-state index contributed by atoms with van der Waals surface area (Å²) in [4.78, 5) is 8.93. The van der Waals surface area contributed by atoms with Gasteiger partial charge in [0, 0.05) is 36.3 Å². The number of pyridine rings is 1. The first-order valence-corrected chi connectivity index (χ1v) is 10.8. The first-order chi connectivity index (χ1) is 13.1. The third kappa shape index (κ3) is 4.05. The van der Waals surface area contributed by atoms with E-state index in [-0.39, 0.29) is 4.90 Å². The Morgan fingerprint density at radius 3 is 2.67 bits per heavy atom. The normalized spacial score (nSPS) is 11.7. The average Bonchev–Trinajstić information content (AvgIpc) is 3.17. The molecule has 27 heavy (non-hydrogen) atoms. The van der Waals surface area contributed by atoms with Gasteiger partial charge in [0.1, 0.15) is 5.01 Å². The molecule has 0 aliphatic heterocycles. The second-order valence-electron chi connectivity index (χ2n) is 6.04. The van der Waals surface area contributed by atoms with Gasteiger partial charge in [0.2, 0.25) is 10.0 Å². The van der Waals surface area contributed by atoms with E-state index in [1.165, 1.54) is 11.3 Å². The zero-order valence-electron chi connectivity index (χ0n) is 14.4. The number of nitrogens with one attached hydrogen (secondary N) is 1. The smallest absolute Gasteiger partial charge is 0.240 e. The number of benzene rings is 2. The fourth-order valence-electron chi connectivity index (χ4n) is 2.78. The molecule has 0 saturated heterocycles. The fourth-order valence-corrected chi connectivity index (χ4v) is 4.69. The van der Waals surface area contributed by atoms with Crippen LogP contribution < -0.4 is 4.72 Å². The van der Waals surface area contributed by atoms with Gasteiger partial charge < -0.3 is 0 Å². The molecule has 0 spiro atoms. The van der Waals surface area contributed by atoms with Crippen LogP contribution in [0.25, 0.3) is 21.3 Å². The van der Waals surface area contributed by atoms with Crippen LogP contribution in [0.1, 0.15) is 5.69 Å². The third-order valence-corrected chi connectivity index (χ3v) is 6.56. The van der Waals surface area contributed by atoms with Crippen molar-refractivity contribution in [3.8, 4) is 10.6 Å². The standard InChI is InChI=1S/C20H17N3O2S2/c24-27(25,19-8-7-15-4-1-2-5-16(15)12-19)22-11-9-18-14-26-20(23-18)17-6-3-10-21-13-17/h1-8,10,12-14,22H,9,11H2. The maximum absolute atomic E-state index is 12.6. The molecule has 5 nitrogen and oxygen atoms in total. The zero-order valence-corrected chi connectivity index (χ0v) is 16.0. The summed E-state index contributed by atoms with van der Waals surface area (Å²) >= 11 is 1.53. The van der Waals surface area contributed by atoms with E-state index in [1.54, 1.807) is 24.5 Å². The number of fused-ring (bicyclic) bond motifs is 1. The molecule has 0 aliphatic carbocycles. The third-order valence-electron chi connectivity index (χ3n) is 4.16. The summed E-state index contributed by atoms with van der Waals surface area (Å²) in [6, 6.07) is 16.7. The Balaban J connectivity index is 1.42. The SMILES string of the molecule is O=S(=O)(NCCc1csc(-c2cccnc2)n1)c1ccc2ccccc2c1. The van der Waals surface area contributed by atoms with Gasteiger partial charge >= 0.3 is 0 Å². The van der Waals surface area contributed by atoms with E-state index in [9.17, 15) is 8.42 Å². The van der Waals surface area contributed by atoms with Gasteiger partial charge in [-0.25, -0.2) is 18.1 Å². The molecule has 0 bridgehead atoms. The second-order valence-corrected chi connectivity index (χ2v) is 8.67. The van der Waals surface area contributed by atoms with E-state index in [0.29, 0.717) is 13.0 Å². The minimum absolute atomic E-state index is 0.274. The van der Waals surface area contributed by atoms with Crippen LogP contribution >= 0.6 is 11.3 Å². The van der Waals surface area contributed by atoms with Gasteiger partial charge in [-0.15, -0.1) is 11.3 Å². The molecule has 4 rings (SSSR count). The minimum atomic E-state index is -3.55. The van der Waals surface area contributed by atoms with E-state index >= 15 is 0 Å². The molecular formula is C20H17N3O2S2. The number of rotatable bonds is 6. The maximum Gasteiger partial charge on any atom is 0.240 e. The highest BCUT2D eigenvalue weighted by atomic mass is 32.2. The molecule has 4 aromatic rings. The molecule has 0 aliphatic rings. The van der Waals surface area contributed by atoms with Gasteiger partial charge in [-0.3, -0.25) is 4.98 Å². The van der Waals surface area contributed by atoms with Crippen LogP contribution in [0.15, 0.2) is 77.3 Å². The van der Waals surface area contributed by atoms with Gasteiger partial charge in [-0.1, -0.05) is 30.3 Å². The van der Waals surface area contributed by atoms with Crippen LogP contribution in [0, 0.1) is 0 Å². The van der Waals surface area contributed by atoms with E-state index in [2.05, 4.69) is 14.7 Å². The highest BCUT2D eigenvalue weighted by Gasteiger charge is 2.14. The van der Waals surface area contributed by atoms with Crippen molar-refractivity contribution in [1.29, 1.82) is 0 Å². The van der Waals surface area contributed by atoms with Gasteiger partial charge in [0.05, 0.1) is 10.6 Å². The maximum atomic E-state index is 12.6. The average molecular weight is 396 g/mol. The molecular weight excluding hydrogens is 378 g/mol. The van der Waals surface area contributed by atoms with Gasteiger partial charge in [-0.2, -0.15) is 0 Å². The topological polar surface area (TPSA) is 72.0 Å². The number of hydrogen-bond donors (Lipinski definition) is 1. The Morgan fingerprint density at radius 1 is 1.00 bits per heavy atom. The molecule has 136 valence electrons. The van der Waals surface area contributed by atoms with Gasteiger partial charge in [-0.05, 0) is 35.0 Å².